The first-order valence-electron chi connectivity index (χ1n) is 7.41. The molecule has 4 N–H and O–H groups in total. The number of carbonyl (C=O) groups is 2. The molecule has 0 fully saturated rings. The van der Waals surface area contributed by atoms with Crippen LogP contribution in [-0.2, 0) is 27.4 Å². The number of carbonyl (C=O) groups excluding carboxylic acids is 1. The second-order valence-electron chi connectivity index (χ2n) is 5.43. The van der Waals surface area contributed by atoms with Crippen molar-refractivity contribution in [2.75, 3.05) is 0 Å². The molecule has 0 saturated carbocycles. The predicted molar refractivity (Wildman–Crippen MR) is 86.9 cm³/mol. The number of aliphatic carboxylic acids is 1. The second kappa shape index (κ2) is 7.72. The molecule has 0 aromatic heterocycles. The lowest BCUT2D eigenvalue weighted by molar-refractivity contribution is -0.183. The van der Waals surface area contributed by atoms with Crippen LogP contribution in [0.2, 0.25) is 0 Å². The Morgan fingerprint density at radius 1 is 1.00 bits per heavy atom. The van der Waals surface area contributed by atoms with E-state index in [1.807, 2.05) is 0 Å². The van der Waals surface area contributed by atoms with E-state index >= 15 is 0 Å². The van der Waals surface area contributed by atoms with Crippen molar-refractivity contribution in [1.82, 2.24) is 0 Å². The van der Waals surface area contributed by atoms with Gasteiger partial charge in [-0.25, -0.2) is 9.59 Å². The lowest BCUT2D eigenvalue weighted by Gasteiger charge is -2.27. The number of ether oxygens (including phenoxy) is 1. The van der Waals surface area contributed by atoms with Gasteiger partial charge in [0.1, 0.15) is 6.61 Å². The molecule has 2 aromatic carbocycles. The molecule has 0 amide bonds. The largest absolute Gasteiger partial charge is 0.479 e. The zero-order chi connectivity index (χ0) is 17.6. The summed E-state index contributed by atoms with van der Waals surface area (Å²) in [6.07, 6.45) is 0.0179. The standard InChI is InChI=1S/C18H19NO5/c19-15(11-13-7-3-1-4-8-13)18(23,16(20)21)17(22)24-12-14-9-5-2-6-10-14/h1-10,15,23H,11-12,19H2,(H,20,21). The molecule has 0 spiro atoms. The number of carboxylic acids is 1. The summed E-state index contributed by atoms with van der Waals surface area (Å²) < 4.78 is 4.96. The topological polar surface area (TPSA) is 110 Å². The van der Waals surface area contributed by atoms with E-state index in [2.05, 4.69) is 0 Å². The molecule has 24 heavy (non-hydrogen) atoms. The van der Waals surface area contributed by atoms with Gasteiger partial charge in [-0.2, -0.15) is 0 Å². The van der Waals surface area contributed by atoms with Crippen molar-refractivity contribution in [3.63, 3.8) is 0 Å². The molecule has 126 valence electrons. The van der Waals surface area contributed by atoms with Crippen molar-refractivity contribution in [3.8, 4) is 0 Å². The highest BCUT2D eigenvalue weighted by Crippen LogP contribution is 2.18. The highest BCUT2D eigenvalue weighted by atomic mass is 16.6. The number of carboxylic acid groups (broad SMARTS) is 1. The van der Waals surface area contributed by atoms with Crippen LogP contribution in [0.5, 0.6) is 0 Å². The van der Waals surface area contributed by atoms with Crippen LogP contribution in [0, 0.1) is 0 Å². The molecule has 0 radical (unpaired) electrons. The fourth-order valence-electron chi connectivity index (χ4n) is 2.25. The Labute approximate surface area is 139 Å². The monoisotopic (exact) mass is 329 g/mol. The SMILES string of the molecule is NC(Cc1ccccc1)C(O)(C(=O)O)C(=O)OCc1ccccc1. The summed E-state index contributed by atoms with van der Waals surface area (Å²) in [5.41, 5.74) is 4.39. The molecule has 2 unspecified atom stereocenters. The summed E-state index contributed by atoms with van der Waals surface area (Å²) in [5, 5.41) is 19.7. The van der Waals surface area contributed by atoms with Crippen LogP contribution in [0.15, 0.2) is 60.7 Å². The van der Waals surface area contributed by atoms with Crippen molar-refractivity contribution >= 4 is 11.9 Å². The van der Waals surface area contributed by atoms with E-state index < -0.39 is 23.6 Å². The van der Waals surface area contributed by atoms with Gasteiger partial charge in [-0.05, 0) is 17.5 Å². The third-order valence-electron chi connectivity index (χ3n) is 3.69. The Kier molecular flexibility index (Phi) is 5.68. The normalized spacial score (nSPS) is 14.4. The van der Waals surface area contributed by atoms with Crippen molar-refractivity contribution in [2.45, 2.75) is 24.7 Å². The molecular formula is C18H19NO5. The van der Waals surface area contributed by atoms with Crippen molar-refractivity contribution in [1.29, 1.82) is 0 Å². The van der Waals surface area contributed by atoms with Gasteiger partial charge in [-0.15, -0.1) is 0 Å². The van der Waals surface area contributed by atoms with Crippen LogP contribution in [0.1, 0.15) is 11.1 Å². The summed E-state index contributed by atoms with van der Waals surface area (Å²) in [4.78, 5) is 23.7. The molecule has 0 bridgehead atoms. The first-order valence-corrected chi connectivity index (χ1v) is 7.41. The molecule has 0 saturated heterocycles. The maximum atomic E-state index is 12.2. The number of aliphatic hydroxyl groups is 1. The van der Waals surface area contributed by atoms with Crippen LogP contribution in [0.25, 0.3) is 0 Å². The highest BCUT2D eigenvalue weighted by molar-refractivity contribution is 6.03. The van der Waals surface area contributed by atoms with Crippen LogP contribution in [0.4, 0.5) is 0 Å². The Hall–Kier alpha value is -2.70. The smallest absolute Gasteiger partial charge is 0.352 e. The van der Waals surface area contributed by atoms with E-state index in [0.29, 0.717) is 11.1 Å². The third kappa shape index (κ3) is 3.98. The average molecular weight is 329 g/mol. The summed E-state index contributed by atoms with van der Waals surface area (Å²) in [7, 11) is 0. The minimum Gasteiger partial charge on any atom is -0.479 e. The fraction of sp³-hybridized carbons (Fsp3) is 0.222. The average Bonchev–Trinajstić information content (AvgIpc) is 2.60. The van der Waals surface area contributed by atoms with E-state index in [4.69, 9.17) is 10.5 Å². The maximum absolute atomic E-state index is 12.2. The number of hydrogen-bond donors (Lipinski definition) is 3. The van der Waals surface area contributed by atoms with Crippen molar-refractivity contribution in [2.24, 2.45) is 5.73 Å². The minimum absolute atomic E-state index is 0.0179. The fourth-order valence-corrected chi connectivity index (χ4v) is 2.25. The summed E-state index contributed by atoms with van der Waals surface area (Å²) in [6.45, 7) is -0.146. The van der Waals surface area contributed by atoms with Crippen LogP contribution >= 0.6 is 0 Å². The first-order chi connectivity index (χ1) is 11.4. The molecule has 6 heteroatoms. The summed E-state index contributed by atoms with van der Waals surface area (Å²) in [5.74, 6) is -3.01. The molecule has 2 aromatic rings. The van der Waals surface area contributed by atoms with Gasteiger partial charge >= 0.3 is 11.9 Å². The number of benzene rings is 2. The number of rotatable bonds is 7. The van der Waals surface area contributed by atoms with Crippen LogP contribution in [-0.4, -0.2) is 33.8 Å². The Bertz CT molecular complexity index is 689. The van der Waals surface area contributed by atoms with Crippen molar-refractivity contribution < 1.29 is 24.5 Å². The lowest BCUT2D eigenvalue weighted by atomic mass is 9.89. The predicted octanol–water partition coefficient (Wildman–Crippen LogP) is 1.12. The zero-order valence-electron chi connectivity index (χ0n) is 13.0. The van der Waals surface area contributed by atoms with Gasteiger partial charge in [0.05, 0.1) is 6.04 Å². The molecule has 2 atom stereocenters. The molecular weight excluding hydrogens is 310 g/mol. The number of esters is 1. The molecule has 6 nitrogen and oxygen atoms in total. The van der Waals surface area contributed by atoms with Gasteiger partial charge < -0.3 is 20.7 Å². The van der Waals surface area contributed by atoms with E-state index in [1.165, 1.54) is 0 Å². The van der Waals surface area contributed by atoms with Crippen LogP contribution in [0.3, 0.4) is 0 Å². The van der Waals surface area contributed by atoms with Gasteiger partial charge in [-0.1, -0.05) is 60.7 Å². The molecule has 0 heterocycles. The van der Waals surface area contributed by atoms with Gasteiger partial charge in [0.15, 0.2) is 0 Å². The van der Waals surface area contributed by atoms with E-state index in [1.54, 1.807) is 60.7 Å². The highest BCUT2D eigenvalue weighted by Gasteiger charge is 2.51. The van der Waals surface area contributed by atoms with Crippen LogP contribution < -0.4 is 5.73 Å². The summed E-state index contributed by atoms with van der Waals surface area (Å²) in [6, 6.07) is 16.2. The third-order valence-corrected chi connectivity index (χ3v) is 3.69. The van der Waals surface area contributed by atoms with Gasteiger partial charge in [0, 0.05) is 0 Å². The molecule has 0 aliphatic carbocycles. The Morgan fingerprint density at radius 3 is 2.00 bits per heavy atom. The first kappa shape index (κ1) is 17.7. The lowest BCUT2D eigenvalue weighted by Crippen LogP contribution is -2.61. The number of nitrogens with two attached hydrogens (primary N) is 1. The minimum atomic E-state index is -2.81. The Balaban J connectivity index is 2.10. The second-order valence-corrected chi connectivity index (χ2v) is 5.43. The van der Waals surface area contributed by atoms with E-state index in [0.717, 1.165) is 0 Å². The van der Waals surface area contributed by atoms with Gasteiger partial charge in [0.25, 0.3) is 5.60 Å². The van der Waals surface area contributed by atoms with E-state index in [-0.39, 0.29) is 13.0 Å². The van der Waals surface area contributed by atoms with Gasteiger partial charge in [-0.3, -0.25) is 0 Å². The van der Waals surface area contributed by atoms with E-state index in [9.17, 15) is 19.8 Å². The van der Waals surface area contributed by atoms with Gasteiger partial charge in [0.2, 0.25) is 0 Å². The molecule has 2 rings (SSSR count). The maximum Gasteiger partial charge on any atom is 0.352 e. The quantitative estimate of drug-likeness (QED) is 0.518. The summed E-state index contributed by atoms with van der Waals surface area (Å²) >= 11 is 0. The van der Waals surface area contributed by atoms with Crippen molar-refractivity contribution in [3.05, 3.63) is 71.8 Å². The molecule has 0 aliphatic rings. The molecule has 0 aliphatic heterocycles. The number of hydrogen-bond acceptors (Lipinski definition) is 5. The Morgan fingerprint density at radius 2 is 1.50 bits per heavy atom. The zero-order valence-corrected chi connectivity index (χ0v) is 13.0.